The predicted molar refractivity (Wildman–Crippen MR) is 109 cm³/mol. The highest BCUT2D eigenvalue weighted by Crippen LogP contribution is 2.27. The first-order valence-corrected chi connectivity index (χ1v) is 9.92. The molecule has 0 aliphatic heterocycles. The largest absolute Gasteiger partial charge is 0.268 e. The second kappa shape index (κ2) is 7.20. The number of hydrogen-bond acceptors (Lipinski definition) is 6. The third-order valence-electron chi connectivity index (χ3n) is 5.42. The van der Waals surface area contributed by atoms with Crippen LogP contribution in [0.15, 0.2) is 47.8 Å². The monoisotopic (exact) mass is 387 g/mol. The van der Waals surface area contributed by atoms with Crippen LogP contribution in [0.4, 0.5) is 0 Å². The van der Waals surface area contributed by atoms with E-state index in [4.69, 9.17) is 0 Å². The summed E-state index contributed by atoms with van der Waals surface area (Å²) >= 11 is 0. The van der Waals surface area contributed by atoms with Crippen molar-refractivity contribution in [2.45, 2.75) is 45.1 Å². The van der Waals surface area contributed by atoms with Crippen molar-refractivity contribution in [2.24, 2.45) is 0 Å². The van der Waals surface area contributed by atoms with E-state index in [1.54, 1.807) is 46.3 Å². The van der Waals surface area contributed by atoms with E-state index >= 15 is 0 Å². The highest BCUT2D eigenvalue weighted by molar-refractivity contribution is 5.82. The Morgan fingerprint density at radius 3 is 2.69 bits per heavy atom. The summed E-state index contributed by atoms with van der Waals surface area (Å²) < 4.78 is 3.39. The first kappa shape index (κ1) is 17.7. The second-order valence-electron chi connectivity index (χ2n) is 7.50. The molecule has 5 rings (SSSR count). The van der Waals surface area contributed by atoms with E-state index in [2.05, 4.69) is 25.1 Å². The number of aryl methyl sites for hydroxylation is 1. The van der Waals surface area contributed by atoms with Crippen LogP contribution in [0.5, 0.6) is 0 Å². The number of nitrogens with zero attached hydrogens (tertiary/aromatic N) is 7. The maximum absolute atomic E-state index is 12.4. The summed E-state index contributed by atoms with van der Waals surface area (Å²) in [6.45, 7) is 1.90. The number of pyridine rings is 1. The molecule has 4 heterocycles. The molecule has 0 radical (unpaired) electrons. The molecule has 1 saturated carbocycles. The minimum atomic E-state index is -0.0606. The summed E-state index contributed by atoms with van der Waals surface area (Å²) in [5.74, 6) is 0.623. The van der Waals surface area contributed by atoms with E-state index in [0.717, 1.165) is 48.0 Å². The number of rotatable bonds is 3. The molecule has 0 unspecified atom stereocenters. The van der Waals surface area contributed by atoms with Gasteiger partial charge in [0.05, 0.1) is 35.3 Å². The van der Waals surface area contributed by atoms with Gasteiger partial charge in [0.25, 0.3) is 5.56 Å². The van der Waals surface area contributed by atoms with Crippen molar-refractivity contribution in [2.75, 3.05) is 0 Å². The molecule has 0 amide bonds. The van der Waals surface area contributed by atoms with Crippen molar-refractivity contribution < 1.29 is 0 Å². The first-order chi connectivity index (χ1) is 14.2. The molecule has 8 nitrogen and oxygen atoms in total. The number of fused-ring (bicyclic) bond motifs is 1. The van der Waals surface area contributed by atoms with Gasteiger partial charge in [-0.15, -0.1) is 5.10 Å². The van der Waals surface area contributed by atoms with E-state index in [-0.39, 0.29) is 11.6 Å². The van der Waals surface area contributed by atoms with Crippen molar-refractivity contribution in [3.05, 3.63) is 59.0 Å². The molecular formula is C21H21N7O. The Bertz CT molecular complexity index is 1240. The SMILES string of the molecule is Cc1cncc(-c2cc3c(cn2)cnn3-c2ccc(=O)n(C3CCCCC3)n2)n1. The van der Waals surface area contributed by atoms with E-state index < -0.39 is 0 Å². The van der Waals surface area contributed by atoms with Gasteiger partial charge in [-0.2, -0.15) is 5.10 Å². The minimum Gasteiger partial charge on any atom is -0.268 e. The van der Waals surface area contributed by atoms with Crippen LogP contribution in [-0.2, 0) is 0 Å². The molecule has 0 aromatic carbocycles. The molecule has 0 bridgehead atoms. The van der Waals surface area contributed by atoms with Crippen molar-refractivity contribution in [1.29, 1.82) is 0 Å². The molecule has 1 fully saturated rings. The standard InChI is InChI=1S/C21H21N7O/c1-14-10-22-13-18(25-14)17-9-19-15(11-23-17)12-24-28(19)20-7-8-21(29)27(26-20)16-5-3-2-4-6-16/h7-13,16H,2-6H2,1H3. The van der Waals surface area contributed by atoms with E-state index in [1.807, 2.05) is 13.0 Å². The van der Waals surface area contributed by atoms with Gasteiger partial charge in [-0.3, -0.25) is 14.8 Å². The van der Waals surface area contributed by atoms with E-state index in [9.17, 15) is 4.79 Å². The van der Waals surface area contributed by atoms with Crippen molar-refractivity contribution >= 4 is 10.9 Å². The third kappa shape index (κ3) is 3.30. The molecule has 1 aliphatic carbocycles. The lowest BCUT2D eigenvalue weighted by atomic mass is 9.96. The maximum atomic E-state index is 12.4. The van der Waals surface area contributed by atoms with Crippen LogP contribution in [0.25, 0.3) is 28.1 Å². The summed E-state index contributed by atoms with van der Waals surface area (Å²) in [5.41, 5.74) is 3.06. The lowest BCUT2D eigenvalue weighted by Gasteiger charge is -2.22. The Balaban J connectivity index is 1.60. The van der Waals surface area contributed by atoms with Gasteiger partial charge in [-0.25, -0.2) is 14.3 Å². The van der Waals surface area contributed by atoms with Crippen molar-refractivity contribution in [1.82, 2.24) is 34.5 Å². The summed E-state index contributed by atoms with van der Waals surface area (Å²) in [4.78, 5) is 25.6. The van der Waals surface area contributed by atoms with Crippen molar-refractivity contribution in [3.63, 3.8) is 0 Å². The second-order valence-corrected chi connectivity index (χ2v) is 7.50. The van der Waals surface area contributed by atoms with Gasteiger partial charge in [0, 0.05) is 23.8 Å². The zero-order chi connectivity index (χ0) is 19.8. The number of hydrogen-bond donors (Lipinski definition) is 0. The average Bonchev–Trinajstić information content (AvgIpc) is 3.18. The molecule has 29 heavy (non-hydrogen) atoms. The summed E-state index contributed by atoms with van der Waals surface area (Å²) in [6.07, 6.45) is 12.4. The quantitative estimate of drug-likeness (QED) is 0.536. The third-order valence-corrected chi connectivity index (χ3v) is 5.42. The Morgan fingerprint density at radius 2 is 1.86 bits per heavy atom. The van der Waals surface area contributed by atoms with Gasteiger partial charge in [-0.05, 0) is 31.9 Å². The van der Waals surface area contributed by atoms with Crippen LogP contribution in [0.3, 0.4) is 0 Å². The molecule has 8 heteroatoms. The molecule has 0 atom stereocenters. The lowest BCUT2D eigenvalue weighted by Crippen LogP contribution is -2.29. The topological polar surface area (TPSA) is 91.4 Å². The highest BCUT2D eigenvalue weighted by atomic mass is 16.1. The van der Waals surface area contributed by atoms with Crippen LogP contribution in [0, 0.1) is 6.92 Å². The van der Waals surface area contributed by atoms with Crippen LogP contribution in [-0.4, -0.2) is 34.5 Å². The van der Waals surface area contributed by atoms with Gasteiger partial charge in [0.15, 0.2) is 5.82 Å². The zero-order valence-electron chi connectivity index (χ0n) is 16.2. The fourth-order valence-electron chi connectivity index (χ4n) is 3.95. The average molecular weight is 387 g/mol. The Labute approximate surface area is 167 Å². The van der Waals surface area contributed by atoms with Gasteiger partial charge in [-0.1, -0.05) is 19.3 Å². The van der Waals surface area contributed by atoms with E-state index in [0.29, 0.717) is 11.5 Å². The molecule has 1 aliphatic rings. The van der Waals surface area contributed by atoms with Gasteiger partial charge in [0.2, 0.25) is 0 Å². The summed E-state index contributed by atoms with van der Waals surface area (Å²) in [5, 5.41) is 10.1. The summed E-state index contributed by atoms with van der Waals surface area (Å²) in [6, 6.07) is 5.40. The first-order valence-electron chi connectivity index (χ1n) is 9.92. The van der Waals surface area contributed by atoms with Gasteiger partial charge in [0.1, 0.15) is 5.69 Å². The Kier molecular flexibility index (Phi) is 4.38. The molecule has 0 N–H and O–H groups in total. The Morgan fingerprint density at radius 1 is 1.00 bits per heavy atom. The van der Waals surface area contributed by atoms with Crippen LogP contribution < -0.4 is 5.56 Å². The molecule has 4 aromatic rings. The highest BCUT2D eigenvalue weighted by Gasteiger charge is 2.19. The van der Waals surface area contributed by atoms with Gasteiger partial charge < -0.3 is 0 Å². The van der Waals surface area contributed by atoms with Crippen molar-refractivity contribution in [3.8, 4) is 17.2 Å². The predicted octanol–water partition coefficient (Wildman–Crippen LogP) is 3.25. The van der Waals surface area contributed by atoms with Crippen LogP contribution in [0.1, 0.15) is 43.8 Å². The van der Waals surface area contributed by atoms with Gasteiger partial charge >= 0.3 is 0 Å². The van der Waals surface area contributed by atoms with E-state index in [1.165, 1.54) is 6.42 Å². The Hall–Kier alpha value is -3.42. The van der Waals surface area contributed by atoms with Crippen LogP contribution in [0.2, 0.25) is 0 Å². The molecule has 4 aromatic heterocycles. The van der Waals surface area contributed by atoms with Crippen LogP contribution >= 0.6 is 0 Å². The fraction of sp³-hybridized carbons (Fsp3) is 0.333. The minimum absolute atomic E-state index is 0.0606. The molecular weight excluding hydrogens is 366 g/mol. The zero-order valence-corrected chi connectivity index (χ0v) is 16.2. The molecule has 0 saturated heterocycles. The number of aromatic nitrogens is 7. The maximum Gasteiger partial charge on any atom is 0.267 e. The molecule has 146 valence electrons. The lowest BCUT2D eigenvalue weighted by molar-refractivity contribution is 0.317. The smallest absolute Gasteiger partial charge is 0.267 e. The normalized spacial score (nSPS) is 15.1. The fourth-order valence-corrected chi connectivity index (χ4v) is 3.95. The summed E-state index contributed by atoms with van der Waals surface area (Å²) in [7, 11) is 0. The molecule has 0 spiro atoms.